The summed E-state index contributed by atoms with van der Waals surface area (Å²) in [6, 6.07) is 0. The van der Waals surface area contributed by atoms with E-state index >= 15 is 0 Å². The quantitative estimate of drug-likeness (QED) is 0.186. The predicted octanol–water partition coefficient (Wildman–Crippen LogP) is 2.77. The summed E-state index contributed by atoms with van der Waals surface area (Å²) in [5.74, 6) is -4.04. The van der Waals surface area contributed by atoms with E-state index in [4.69, 9.17) is 18.9 Å². The minimum absolute atomic E-state index is 0.105. The summed E-state index contributed by atoms with van der Waals surface area (Å²) < 4.78 is 22.8. The predicted molar refractivity (Wildman–Crippen MR) is 126 cm³/mol. The Bertz CT molecular complexity index is 812. The molecule has 36 heavy (non-hydrogen) atoms. The summed E-state index contributed by atoms with van der Waals surface area (Å²) >= 11 is 0. The number of hydrogen-bond acceptors (Lipinski definition) is 12. The van der Waals surface area contributed by atoms with Crippen molar-refractivity contribution < 1.29 is 59.8 Å². The van der Waals surface area contributed by atoms with E-state index in [-0.39, 0.29) is 25.0 Å². The van der Waals surface area contributed by atoms with Crippen molar-refractivity contribution in [2.75, 3.05) is 0 Å². The van der Waals surface area contributed by atoms with Crippen LogP contribution in [-0.2, 0) is 18.9 Å². The standard InChI is InChI=1S/C24H40O12/c1-11(25)8-15(28)10-16-9-12(2)33-17(34-16)6-5-7-18-35-23(20(30)14(4)27)22(32)24(36-18)21(31)19(29)13(3)26/h11-12,15-18,21,24-32H,5-10H2,1-4H3/b19-13+,20-14+. The van der Waals surface area contributed by atoms with Crippen LogP contribution in [0.4, 0.5) is 0 Å². The van der Waals surface area contributed by atoms with E-state index in [1.54, 1.807) is 6.92 Å². The SMILES string of the molecule is C/C(O)=C(\O)C1=C(O)C(C(O)/C(O)=C(/C)O)OC(CCCC2OC(C)CC(CC(O)CC(C)O)O2)O1. The number of hydrogen-bond donors (Lipinski definition) is 8. The average molecular weight is 521 g/mol. The monoisotopic (exact) mass is 520 g/mol. The van der Waals surface area contributed by atoms with E-state index in [2.05, 4.69) is 0 Å². The van der Waals surface area contributed by atoms with Gasteiger partial charge >= 0.3 is 0 Å². The molecule has 0 amide bonds. The Morgan fingerprint density at radius 3 is 2.17 bits per heavy atom. The molecule has 1 fully saturated rings. The van der Waals surface area contributed by atoms with Gasteiger partial charge in [0.25, 0.3) is 0 Å². The lowest BCUT2D eigenvalue weighted by Gasteiger charge is -2.36. The van der Waals surface area contributed by atoms with Crippen LogP contribution < -0.4 is 0 Å². The normalized spacial score (nSPS) is 31.1. The molecule has 0 saturated carbocycles. The third-order valence-corrected chi connectivity index (χ3v) is 5.90. The Morgan fingerprint density at radius 2 is 1.58 bits per heavy atom. The van der Waals surface area contributed by atoms with Crippen molar-refractivity contribution in [1.29, 1.82) is 0 Å². The van der Waals surface area contributed by atoms with Gasteiger partial charge in [0.05, 0.1) is 24.4 Å². The second kappa shape index (κ2) is 13.4. The third-order valence-electron chi connectivity index (χ3n) is 5.90. The summed E-state index contributed by atoms with van der Waals surface area (Å²) in [4.78, 5) is 0. The highest BCUT2D eigenvalue weighted by Gasteiger charge is 2.40. The van der Waals surface area contributed by atoms with Crippen molar-refractivity contribution >= 4 is 0 Å². The van der Waals surface area contributed by atoms with Crippen molar-refractivity contribution in [1.82, 2.24) is 0 Å². The van der Waals surface area contributed by atoms with Crippen LogP contribution in [0.1, 0.15) is 66.2 Å². The molecule has 0 radical (unpaired) electrons. The number of ether oxygens (including phenoxy) is 4. The molecule has 0 aromatic rings. The van der Waals surface area contributed by atoms with E-state index in [9.17, 15) is 40.9 Å². The van der Waals surface area contributed by atoms with E-state index in [1.165, 1.54) is 0 Å². The second-order valence-electron chi connectivity index (χ2n) is 9.44. The first-order chi connectivity index (χ1) is 16.8. The Hall–Kier alpha value is -2.22. The van der Waals surface area contributed by atoms with Crippen LogP contribution in [0.25, 0.3) is 0 Å². The molecule has 2 aliphatic heterocycles. The smallest absolute Gasteiger partial charge is 0.208 e. The third kappa shape index (κ3) is 8.43. The molecule has 0 aromatic heterocycles. The zero-order valence-corrected chi connectivity index (χ0v) is 21.1. The Morgan fingerprint density at radius 1 is 0.944 bits per heavy atom. The van der Waals surface area contributed by atoms with Crippen molar-refractivity contribution in [2.24, 2.45) is 0 Å². The van der Waals surface area contributed by atoms with Gasteiger partial charge < -0.3 is 59.8 Å². The number of aliphatic hydroxyl groups is 8. The van der Waals surface area contributed by atoms with Gasteiger partial charge in [0.2, 0.25) is 12.0 Å². The molecular formula is C24H40O12. The molecule has 12 heteroatoms. The van der Waals surface area contributed by atoms with Gasteiger partial charge in [-0.15, -0.1) is 0 Å². The van der Waals surface area contributed by atoms with Crippen LogP contribution >= 0.6 is 0 Å². The van der Waals surface area contributed by atoms with Crippen LogP contribution in [0.3, 0.4) is 0 Å². The molecule has 0 bridgehead atoms. The maximum Gasteiger partial charge on any atom is 0.208 e. The largest absolute Gasteiger partial charge is 0.509 e. The number of allylic oxidation sites excluding steroid dienone is 2. The first-order valence-corrected chi connectivity index (χ1v) is 12.1. The van der Waals surface area contributed by atoms with Gasteiger partial charge in [-0.3, -0.25) is 0 Å². The van der Waals surface area contributed by atoms with E-state index < -0.39 is 71.6 Å². The Balaban J connectivity index is 2.03. The topological polar surface area (TPSA) is 199 Å². The van der Waals surface area contributed by atoms with Crippen molar-refractivity contribution in [3.8, 4) is 0 Å². The fourth-order valence-electron chi connectivity index (χ4n) is 4.15. The fourth-order valence-corrected chi connectivity index (χ4v) is 4.15. The van der Waals surface area contributed by atoms with Gasteiger partial charge in [0.15, 0.2) is 29.7 Å². The summed E-state index contributed by atoms with van der Waals surface area (Å²) in [6.07, 6.45) is -4.56. The fraction of sp³-hybridized carbons (Fsp3) is 0.750. The highest BCUT2D eigenvalue weighted by atomic mass is 16.7. The lowest BCUT2D eigenvalue weighted by Crippen LogP contribution is -2.42. The van der Waals surface area contributed by atoms with E-state index in [0.717, 1.165) is 13.8 Å². The zero-order valence-electron chi connectivity index (χ0n) is 21.1. The molecule has 2 heterocycles. The minimum Gasteiger partial charge on any atom is -0.509 e. The lowest BCUT2D eigenvalue weighted by molar-refractivity contribution is -0.247. The van der Waals surface area contributed by atoms with Crippen LogP contribution in [0.2, 0.25) is 0 Å². The summed E-state index contributed by atoms with van der Waals surface area (Å²) in [7, 11) is 0. The molecule has 8 unspecified atom stereocenters. The van der Waals surface area contributed by atoms with E-state index in [1.807, 2.05) is 6.92 Å². The number of rotatable bonds is 11. The Labute approximate surface area is 210 Å². The first kappa shape index (κ1) is 30.0. The molecule has 1 saturated heterocycles. The summed E-state index contributed by atoms with van der Waals surface area (Å²) in [5, 5.41) is 79.6. The highest BCUT2D eigenvalue weighted by Crippen LogP contribution is 2.33. The highest BCUT2D eigenvalue weighted by molar-refractivity contribution is 5.28. The molecule has 0 aromatic carbocycles. The van der Waals surface area contributed by atoms with Crippen LogP contribution in [-0.4, -0.2) is 90.1 Å². The van der Waals surface area contributed by atoms with Crippen LogP contribution in [0.15, 0.2) is 34.6 Å². The molecule has 0 aliphatic carbocycles. The van der Waals surface area contributed by atoms with Gasteiger partial charge in [0, 0.05) is 6.42 Å². The maximum atomic E-state index is 10.5. The van der Waals surface area contributed by atoms with E-state index in [0.29, 0.717) is 25.7 Å². The molecule has 208 valence electrons. The summed E-state index contributed by atoms with van der Waals surface area (Å²) in [6.45, 7) is 5.81. The molecular weight excluding hydrogens is 480 g/mol. The second-order valence-corrected chi connectivity index (χ2v) is 9.44. The summed E-state index contributed by atoms with van der Waals surface area (Å²) in [5.41, 5.74) is 0. The average Bonchev–Trinajstić information content (AvgIpc) is 2.77. The first-order valence-electron chi connectivity index (χ1n) is 12.1. The molecule has 8 atom stereocenters. The van der Waals surface area contributed by atoms with Gasteiger partial charge in [-0.1, -0.05) is 0 Å². The lowest BCUT2D eigenvalue weighted by atomic mass is 10.0. The van der Waals surface area contributed by atoms with Crippen LogP contribution in [0, 0.1) is 0 Å². The molecule has 12 nitrogen and oxygen atoms in total. The van der Waals surface area contributed by atoms with Gasteiger partial charge in [0.1, 0.15) is 17.6 Å². The molecule has 2 aliphatic rings. The molecule has 2 rings (SSSR count). The Kier molecular flexibility index (Phi) is 11.1. The van der Waals surface area contributed by atoms with Crippen molar-refractivity contribution in [3.63, 3.8) is 0 Å². The van der Waals surface area contributed by atoms with Gasteiger partial charge in [-0.2, -0.15) is 0 Å². The zero-order chi connectivity index (χ0) is 27.2. The van der Waals surface area contributed by atoms with Crippen molar-refractivity contribution in [3.05, 3.63) is 34.6 Å². The van der Waals surface area contributed by atoms with Gasteiger partial charge in [-0.25, -0.2) is 0 Å². The van der Waals surface area contributed by atoms with Gasteiger partial charge in [-0.05, 0) is 59.8 Å². The number of aliphatic hydroxyl groups excluding tert-OH is 8. The van der Waals surface area contributed by atoms with Crippen LogP contribution in [0.5, 0.6) is 0 Å². The minimum atomic E-state index is -1.87. The molecule has 8 N–H and O–H groups in total. The molecule has 0 spiro atoms. The maximum absolute atomic E-state index is 10.5. The van der Waals surface area contributed by atoms with Crippen molar-refractivity contribution in [2.45, 2.75) is 115 Å².